The molecule has 2 N–H and O–H groups in total. The van der Waals surface area contributed by atoms with Gasteiger partial charge in [-0.1, -0.05) is 24.3 Å². The van der Waals surface area contributed by atoms with Gasteiger partial charge in [-0.2, -0.15) is 15.0 Å². The molecule has 1 heterocycles. The summed E-state index contributed by atoms with van der Waals surface area (Å²) >= 11 is 0. The van der Waals surface area contributed by atoms with E-state index in [1.165, 1.54) is 12.1 Å². The molecule has 8 nitrogen and oxygen atoms in total. The number of halogens is 1. The number of carbonyl (C=O) groups excluding carboxylic acids is 1. The number of ether oxygens (including phenoxy) is 2. The van der Waals surface area contributed by atoms with Crippen molar-refractivity contribution in [3.05, 3.63) is 71.3 Å². The van der Waals surface area contributed by atoms with E-state index >= 15 is 0 Å². The standard InChI is InChI=1S/C20H20FN5O3/c1-26(2)20-24-17(23-19(22)25-20)12-29-18(27)15-5-3-4-6-16(15)28-11-13-7-9-14(21)10-8-13/h3-10H,11-12H2,1-2H3,(H2,22,23,24,25). The molecular formula is C20H20FN5O3. The number of nitrogens with zero attached hydrogens (tertiary/aromatic N) is 4. The molecule has 3 aromatic rings. The third-order valence-corrected chi connectivity index (χ3v) is 3.83. The van der Waals surface area contributed by atoms with E-state index in [1.807, 2.05) is 0 Å². The molecule has 0 bridgehead atoms. The first-order valence-corrected chi connectivity index (χ1v) is 8.73. The summed E-state index contributed by atoms with van der Waals surface area (Å²) in [5.41, 5.74) is 6.69. The Balaban J connectivity index is 1.67. The third-order valence-electron chi connectivity index (χ3n) is 3.83. The van der Waals surface area contributed by atoms with Crippen molar-refractivity contribution in [3.8, 4) is 5.75 Å². The highest BCUT2D eigenvalue weighted by Gasteiger charge is 2.15. The first kappa shape index (κ1) is 20.0. The molecule has 0 aliphatic rings. The van der Waals surface area contributed by atoms with E-state index < -0.39 is 5.97 Å². The van der Waals surface area contributed by atoms with Crippen LogP contribution in [-0.4, -0.2) is 35.0 Å². The molecular weight excluding hydrogens is 377 g/mol. The fraction of sp³-hybridized carbons (Fsp3) is 0.200. The first-order valence-electron chi connectivity index (χ1n) is 8.73. The molecule has 0 spiro atoms. The fourth-order valence-electron chi connectivity index (χ4n) is 2.40. The van der Waals surface area contributed by atoms with E-state index in [0.717, 1.165) is 5.56 Å². The van der Waals surface area contributed by atoms with Crippen molar-refractivity contribution >= 4 is 17.9 Å². The summed E-state index contributed by atoms with van der Waals surface area (Å²) in [6.45, 7) is 0.0134. The topological polar surface area (TPSA) is 103 Å². The normalized spacial score (nSPS) is 10.4. The maximum atomic E-state index is 13.0. The molecule has 0 saturated heterocycles. The average Bonchev–Trinajstić information content (AvgIpc) is 2.71. The number of nitrogen functional groups attached to an aromatic ring is 1. The Labute approximate surface area is 167 Å². The summed E-state index contributed by atoms with van der Waals surface area (Å²) in [5.74, 6) is 0.0776. The van der Waals surface area contributed by atoms with Crippen molar-refractivity contribution in [2.45, 2.75) is 13.2 Å². The number of benzene rings is 2. The number of hydrogen-bond acceptors (Lipinski definition) is 8. The molecule has 0 unspecified atom stereocenters. The quantitative estimate of drug-likeness (QED) is 0.607. The van der Waals surface area contributed by atoms with Gasteiger partial charge in [0.25, 0.3) is 0 Å². The number of hydrogen-bond donors (Lipinski definition) is 1. The molecule has 2 aromatic carbocycles. The lowest BCUT2D eigenvalue weighted by molar-refractivity contribution is 0.0457. The molecule has 0 atom stereocenters. The van der Waals surface area contributed by atoms with Gasteiger partial charge < -0.3 is 20.1 Å². The molecule has 0 radical (unpaired) electrons. The highest BCUT2D eigenvalue weighted by atomic mass is 19.1. The van der Waals surface area contributed by atoms with Gasteiger partial charge in [-0.3, -0.25) is 0 Å². The molecule has 0 aliphatic carbocycles. The van der Waals surface area contributed by atoms with Gasteiger partial charge in [-0.15, -0.1) is 0 Å². The van der Waals surface area contributed by atoms with Gasteiger partial charge >= 0.3 is 5.97 Å². The second-order valence-electron chi connectivity index (χ2n) is 6.29. The van der Waals surface area contributed by atoms with Crippen molar-refractivity contribution in [1.82, 2.24) is 15.0 Å². The van der Waals surface area contributed by atoms with Gasteiger partial charge in [0, 0.05) is 14.1 Å². The van der Waals surface area contributed by atoms with Crippen LogP contribution in [0, 0.1) is 5.82 Å². The molecule has 29 heavy (non-hydrogen) atoms. The van der Waals surface area contributed by atoms with Crippen molar-refractivity contribution in [3.63, 3.8) is 0 Å². The number of nitrogens with two attached hydrogens (primary N) is 1. The van der Waals surface area contributed by atoms with Gasteiger partial charge in [-0.05, 0) is 29.8 Å². The van der Waals surface area contributed by atoms with Crippen LogP contribution in [-0.2, 0) is 18.0 Å². The van der Waals surface area contributed by atoms with Crippen LogP contribution < -0.4 is 15.4 Å². The van der Waals surface area contributed by atoms with Gasteiger partial charge in [-0.25, -0.2) is 9.18 Å². The van der Waals surface area contributed by atoms with Crippen molar-refractivity contribution in [1.29, 1.82) is 0 Å². The van der Waals surface area contributed by atoms with Gasteiger partial charge in [0.2, 0.25) is 11.9 Å². The second-order valence-corrected chi connectivity index (χ2v) is 6.29. The Kier molecular flexibility index (Phi) is 6.18. The molecule has 1 aromatic heterocycles. The summed E-state index contributed by atoms with van der Waals surface area (Å²) in [4.78, 5) is 26.4. The predicted octanol–water partition coefficient (Wildman–Crippen LogP) is 2.59. The Morgan fingerprint density at radius 3 is 2.48 bits per heavy atom. The number of aromatic nitrogens is 3. The fourth-order valence-corrected chi connectivity index (χ4v) is 2.40. The van der Waals surface area contributed by atoms with E-state index in [9.17, 15) is 9.18 Å². The summed E-state index contributed by atoms with van der Waals surface area (Å²) in [5, 5.41) is 0. The zero-order valence-electron chi connectivity index (χ0n) is 16.0. The van der Waals surface area contributed by atoms with Crippen LogP contribution in [0.1, 0.15) is 21.7 Å². The van der Waals surface area contributed by atoms with E-state index in [-0.39, 0.29) is 36.4 Å². The van der Waals surface area contributed by atoms with E-state index in [0.29, 0.717) is 11.7 Å². The van der Waals surface area contributed by atoms with E-state index in [4.69, 9.17) is 15.2 Å². The highest BCUT2D eigenvalue weighted by Crippen LogP contribution is 2.21. The predicted molar refractivity (Wildman–Crippen MR) is 105 cm³/mol. The van der Waals surface area contributed by atoms with Crippen molar-refractivity contribution < 1.29 is 18.7 Å². The number of anilines is 2. The maximum absolute atomic E-state index is 13.0. The van der Waals surface area contributed by atoms with Gasteiger partial charge in [0.15, 0.2) is 12.4 Å². The Morgan fingerprint density at radius 1 is 1.03 bits per heavy atom. The lowest BCUT2D eigenvalue weighted by Crippen LogP contribution is -2.17. The first-order chi connectivity index (χ1) is 13.9. The lowest BCUT2D eigenvalue weighted by Gasteiger charge is -2.13. The van der Waals surface area contributed by atoms with Crippen LogP contribution in [0.3, 0.4) is 0 Å². The number of esters is 1. The second kappa shape index (κ2) is 8.96. The summed E-state index contributed by atoms with van der Waals surface area (Å²) < 4.78 is 24.0. The van der Waals surface area contributed by atoms with Crippen molar-refractivity contribution in [2.24, 2.45) is 0 Å². The van der Waals surface area contributed by atoms with Crippen LogP contribution in [0.5, 0.6) is 5.75 Å². The monoisotopic (exact) mass is 397 g/mol. The third kappa shape index (κ3) is 5.38. The van der Waals surface area contributed by atoms with Crippen LogP contribution in [0.4, 0.5) is 16.3 Å². The minimum atomic E-state index is -0.593. The van der Waals surface area contributed by atoms with Crippen LogP contribution in [0.15, 0.2) is 48.5 Å². The van der Waals surface area contributed by atoms with Gasteiger partial charge in [0.1, 0.15) is 23.7 Å². The van der Waals surface area contributed by atoms with Crippen molar-refractivity contribution in [2.75, 3.05) is 24.7 Å². The minimum absolute atomic E-state index is 0.0396. The lowest BCUT2D eigenvalue weighted by atomic mass is 10.2. The van der Waals surface area contributed by atoms with Crippen LogP contribution in [0.2, 0.25) is 0 Å². The number of rotatable bonds is 7. The molecule has 3 rings (SSSR count). The zero-order chi connectivity index (χ0) is 20.8. The molecule has 0 fully saturated rings. The van der Waals surface area contributed by atoms with Gasteiger partial charge in [0.05, 0.1) is 0 Å². The molecule has 0 aliphatic heterocycles. The SMILES string of the molecule is CN(C)c1nc(N)nc(COC(=O)c2ccccc2OCc2ccc(F)cc2)n1. The van der Waals surface area contributed by atoms with Crippen LogP contribution in [0.25, 0.3) is 0 Å². The molecule has 0 amide bonds. The average molecular weight is 397 g/mol. The van der Waals surface area contributed by atoms with Crippen LogP contribution >= 0.6 is 0 Å². The summed E-state index contributed by atoms with van der Waals surface area (Å²) in [7, 11) is 3.53. The van der Waals surface area contributed by atoms with E-state index in [2.05, 4.69) is 15.0 Å². The molecule has 9 heteroatoms. The Bertz CT molecular complexity index is 996. The summed E-state index contributed by atoms with van der Waals surface area (Å²) in [6.07, 6.45) is 0. The molecule has 0 saturated carbocycles. The Hall–Kier alpha value is -3.75. The highest BCUT2D eigenvalue weighted by molar-refractivity contribution is 5.92. The zero-order valence-corrected chi connectivity index (χ0v) is 16.0. The smallest absolute Gasteiger partial charge is 0.342 e. The number of para-hydroxylation sites is 1. The maximum Gasteiger partial charge on any atom is 0.342 e. The summed E-state index contributed by atoms with van der Waals surface area (Å²) in [6, 6.07) is 12.6. The Morgan fingerprint density at radius 2 is 1.76 bits per heavy atom. The van der Waals surface area contributed by atoms with E-state index in [1.54, 1.807) is 55.4 Å². The minimum Gasteiger partial charge on any atom is -0.488 e. The largest absolute Gasteiger partial charge is 0.488 e. The number of carbonyl (C=O) groups is 1. The molecule has 150 valence electrons.